The van der Waals surface area contributed by atoms with E-state index in [2.05, 4.69) is 23.1 Å². The molecule has 0 aliphatic carbocycles. The molecular weight excluding hydrogens is 254 g/mol. The second-order valence-electron chi connectivity index (χ2n) is 5.45. The number of carbonyl (C=O) groups is 1. The summed E-state index contributed by atoms with van der Waals surface area (Å²) in [6.45, 7) is 9.13. The Morgan fingerprint density at radius 2 is 2.20 bits per heavy atom. The number of carbonyl (C=O) groups excluding carboxylic acids is 1. The van der Waals surface area contributed by atoms with Crippen LogP contribution in [0.4, 0.5) is 0 Å². The van der Waals surface area contributed by atoms with Gasteiger partial charge in [0.2, 0.25) is 5.91 Å². The molecule has 1 amide bonds. The molecule has 0 saturated carbocycles. The van der Waals surface area contributed by atoms with Gasteiger partial charge in [0.15, 0.2) is 0 Å². The lowest BCUT2D eigenvalue weighted by molar-refractivity contribution is -0.132. The summed E-state index contributed by atoms with van der Waals surface area (Å²) in [7, 11) is 0. The lowest BCUT2D eigenvalue weighted by Crippen LogP contribution is -2.43. The molecule has 0 unspecified atom stereocenters. The quantitative estimate of drug-likeness (QED) is 0.860. The molecule has 1 aromatic rings. The lowest BCUT2D eigenvalue weighted by atomic mass is 10.3. The Kier molecular flexibility index (Phi) is 5.14. The maximum Gasteiger partial charge on any atom is 0.239 e. The zero-order valence-electron chi connectivity index (χ0n) is 12.5. The smallest absolute Gasteiger partial charge is 0.239 e. The second-order valence-corrected chi connectivity index (χ2v) is 5.45. The minimum Gasteiger partial charge on any atom is -0.340 e. The average molecular weight is 279 g/mol. The molecule has 1 aliphatic rings. The molecule has 0 aromatic carbocycles. The van der Waals surface area contributed by atoms with Gasteiger partial charge in [0.25, 0.3) is 0 Å². The molecule has 1 aliphatic heterocycles. The molecule has 2 rings (SSSR count). The highest BCUT2D eigenvalue weighted by molar-refractivity contribution is 5.81. The lowest BCUT2D eigenvalue weighted by Gasteiger charge is -2.23. The van der Waals surface area contributed by atoms with E-state index in [1.165, 1.54) is 5.56 Å². The topological polar surface area (TPSA) is 67.4 Å². The highest BCUT2D eigenvalue weighted by Gasteiger charge is 2.21. The van der Waals surface area contributed by atoms with Crippen molar-refractivity contribution in [2.75, 3.05) is 26.2 Å². The van der Waals surface area contributed by atoms with E-state index in [0.717, 1.165) is 45.7 Å². The molecule has 0 spiro atoms. The Bertz CT molecular complexity index is 443. The predicted molar refractivity (Wildman–Crippen MR) is 78.0 cm³/mol. The van der Waals surface area contributed by atoms with Gasteiger partial charge in [0, 0.05) is 51.0 Å². The Morgan fingerprint density at radius 1 is 1.40 bits per heavy atom. The van der Waals surface area contributed by atoms with Crippen LogP contribution in [0.15, 0.2) is 12.4 Å². The molecule has 0 bridgehead atoms. The number of nitrogens with zero attached hydrogens (tertiary/aromatic N) is 4. The molecule has 112 valence electrons. The molecule has 6 heteroatoms. The zero-order valence-corrected chi connectivity index (χ0v) is 12.5. The predicted octanol–water partition coefficient (Wildman–Crippen LogP) is 0.285. The zero-order chi connectivity index (χ0) is 14.5. The van der Waals surface area contributed by atoms with E-state index in [0.29, 0.717) is 0 Å². The summed E-state index contributed by atoms with van der Waals surface area (Å²) in [6, 6.07) is -0.399. The van der Waals surface area contributed by atoms with Crippen LogP contribution in [0.1, 0.15) is 25.8 Å². The SMILES string of the molecule is CCn1cc(CN2CCCN(C(=O)[C@@H](C)N)CC2)cn1. The van der Waals surface area contributed by atoms with Gasteiger partial charge in [-0.3, -0.25) is 14.4 Å². The van der Waals surface area contributed by atoms with Crippen LogP contribution in [-0.2, 0) is 17.9 Å². The van der Waals surface area contributed by atoms with Crippen LogP contribution in [0.25, 0.3) is 0 Å². The normalized spacial score (nSPS) is 18.9. The number of aryl methyl sites for hydroxylation is 1. The van der Waals surface area contributed by atoms with Crippen LogP contribution in [0, 0.1) is 0 Å². The summed E-state index contributed by atoms with van der Waals surface area (Å²) >= 11 is 0. The molecule has 2 heterocycles. The fraction of sp³-hybridized carbons (Fsp3) is 0.714. The molecule has 2 N–H and O–H groups in total. The van der Waals surface area contributed by atoms with Gasteiger partial charge >= 0.3 is 0 Å². The molecule has 1 aromatic heterocycles. The monoisotopic (exact) mass is 279 g/mol. The van der Waals surface area contributed by atoms with Crippen LogP contribution in [-0.4, -0.2) is 57.7 Å². The molecule has 0 radical (unpaired) electrons. The van der Waals surface area contributed by atoms with Gasteiger partial charge in [0.1, 0.15) is 0 Å². The van der Waals surface area contributed by atoms with Crippen LogP contribution < -0.4 is 5.73 Å². The van der Waals surface area contributed by atoms with Crippen molar-refractivity contribution in [3.63, 3.8) is 0 Å². The van der Waals surface area contributed by atoms with Crippen molar-refractivity contribution < 1.29 is 4.79 Å². The van der Waals surface area contributed by atoms with E-state index < -0.39 is 6.04 Å². The maximum atomic E-state index is 11.9. The fourth-order valence-electron chi connectivity index (χ4n) is 2.56. The van der Waals surface area contributed by atoms with Gasteiger partial charge in [0.05, 0.1) is 12.2 Å². The first-order chi connectivity index (χ1) is 9.60. The number of hydrogen-bond acceptors (Lipinski definition) is 4. The minimum absolute atomic E-state index is 0.0608. The minimum atomic E-state index is -0.399. The van der Waals surface area contributed by atoms with Crippen LogP contribution in [0.3, 0.4) is 0 Å². The second kappa shape index (κ2) is 6.85. The molecule has 20 heavy (non-hydrogen) atoms. The number of amides is 1. The van der Waals surface area contributed by atoms with Gasteiger partial charge in [-0.15, -0.1) is 0 Å². The van der Waals surface area contributed by atoms with Crippen molar-refractivity contribution in [3.8, 4) is 0 Å². The summed E-state index contributed by atoms with van der Waals surface area (Å²) in [4.78, 5) is 16.2. The molecule has 1 saturated heterocycles. The van der Waals surface area contributed by atoms with Gasteiger partial charge in [-0.1, -0.05) is 0 Å². The van der Waals surface area contributed by atoms with E-state index >= 15 is 0 Å². The van der Waals surface area contributed by atoms with Crippen LogP contribution in [0.5, 0.6) is 0 Å². The van der Waals surface area contributed by atoms with Gasteiger partial charge in [-0.25, -0.2) is 0 Å². The third-order valence-electron chi connectivity index (χ3n) is 3.71. The summed E-state index contributed by atoms with van der Waals surface area (Å²) in [5.74, 6) is 0.0608. The number of aromatic nitrogens is 2. The summed E-state index contributed by atoms with van der Waals surface area (Å²) in [5.41, 5.74) is 6.91. The van der Waals surface area contributed by atoms with Gasteiger partial charge < -0.3 is 10.6 Å². The Labute approximate surface area is 120 Å². The summed E-state index contributed by atoms with van der Waals surface area (Å²) in [5, 5.41) is 4.30. The highest BCUT2D eigenvalue weighted by Crippen LogP contribution is 2.09. The van der Waals surface area contributed by atoms with Crippen molar-refractivity contribution in [2.24, 2.45) is 5.73 Å². The first kappa shape index (κ1) is 15.0. The fourth-order valence-corrected chi connectivity index (χ4v) is 2.56. The van der Waals surface area contributed by atoms with Gasteiger partial charge in [-0.05, 0) is 20.3 Å². The van der Waals surface area contributed by atoms with Crippen molar-refractivity contribution in [2.45, 2.75) is 39.4 Å². The van der Waals surface area contributed by atoms with Crippen molar-refractivity contribution in [1.82, 2.24) is 19.6 Å². The number of rotatable bonds is 4. The van der Waals surface area contributed by atoms with Crippen LogP contribution in [0.2, 0.25) is 0 Å². The van der Waals surface area contributed by atoms with Crippen LogP contribution >= 0.6 is 0 Å². The van der Waals surface area contributed by atoms with Crippen molar-refractivity contribution >= 4 is 5.91 Å². The van der Waals surface area contributed by atoms with E-state index in [4.69, 9.17) is 5.73 Å². The van der Waals surface area contributed by atoms with E-state index in [-0.39, 0.29) is 5.91 Å². The number of hydrogen-bond donors (Lipinski definition) is 1. The van der Waals surface area contributed by atoms with E-state index in [9.17, 15) is 4.79 Å². The number of nitrogens with two attached hydrogens (primary N) is 1. The molecule has 1 atom stereocenters. The Morgan fingerprint density at radius 3 is 2.85 bits per heavy atom. The van der Waals surface area contributed by atoms with Gasteiger partial charge in [-0.2, -0.15) is 5.10 Å². The highest BCUT2D eigenvalue weighted by atomic mass is 16.2. The average Bonchev–Trinajstić information content (AvgIpc) is 2.76. The Hall–Kier alpha value is -1.40. The maximum absolute atomic E-state index is 11.9. The first-order valence-electron chi connectivity index (χ1n) is 7.38. The largest absolute Gasteiger partial charge is 0.340 e. The standard InChI is InChI=1S/C14H25N5O/c1-3-19-11-13(9-16-19)10-17-5-4-6-18(8-7-17)14(20)12(2)15/h9,11-12H,3-8,10,15H2,1-2H3/t12-/m1/s1. The molecular formula is C14H25N5O. The Balaban J connectivity index is 1.88. The third kappa shape index (κ3) is 3.80. The molecule has 6 nitrogen and oxygen atoms in total. The molecule has 1 fully saturated rings. The summed E-state index contributed by atoms with van der Waals surface area (Å²) in [6.07, 6.45) is 5.02. The van der Waals surface area contributed by atoms with Crippen molar-refractivity contribution in [1.29, 1.82) is 0 Å². The van der Waals surface area contributed by atoms with E-state index in [1.54, 1.807) is 6.92 Å². The van der Waals surface area contributed by atoms with Crippen molar-refractivity contribution in [3.05, 3.63) is 18.0 Å². The first-order valence-corrected chi connectivity index (χ1v) is 7.38. The summed E-state index contributed by atoms with van der Waals surface area (Å²) < 4.78 is 1.94. The third-order valence-corrected chi connectivity index (χ3v) is 3.71. The van der Waals surface area contributed by atoms with E-state index in [1.807, 2.05) is 15.8 Å².